The third-order valence-corrected chi connectivity index (χ3v) is 3.77. The minimum Gasteiger partial charge on any atom is -0.480 e. The molecule has 1 saturated heterocycles. The first kappa shape index (κ1) is 14.6. The van der Waals surface area contributed by atoms with Crippen LogP contribution in [0.3, 0.4) is 0 Å². The van der Waals surface area contributed by atoms with Crippen molar-refractivity contribution in [3.8, 4) is 0 Å². The second kappa shape index (κ2) is 4.92. The first-order valence-electron chi connectivity index (χ1n) is 6.81. The van der Waals surface area contributed by atoms with Gasteiger partial charge in [0.2, 0.25) is 0 Å². The van der Waals surface area contributed by atoms with Gasteiger partial charge in [-0.3, -0.25) is 4.79 Å². The van der Waals surface area contributed by atoms with E-state index in [9.17, 15) is 14.7 Å². The van der Waals surface area contributed by atoms with Gasteiger partial charge in [0, 0.05) is 24.5 Å². The quantitative estimate of drug-likeness (QED) is 0.883. The molecule has 2 heterocycles. The maximum absolute atomic E-state index is 12.5. The zero-order chi connectivity index (χ0) is 15.1. The number of aliphatic carboxylic acids is 1. The fourth-order valence-corrected chi connectivity index (χ4v) is 2.69. The average molecular weight is 279 g/mol. The first-order chi connectivity index (χ1) is 9.23. The smallest absolute Gasteiger partial charge is 0.326 e. The monoisotopic (exact) mass is 279 g/mol. The minimum atomic E-state index is -0.901. The van der Waals surface area contributed by atoms with Crippen LogP contribution in [0.25, 0.3) is 0 Å². The van der Waals surface area contributed by atoms with Crippen LogP contribution in [0.1, 0.15) is 34.1 Å². The molecule has 1 aromatic heterocycles. The van der Waals surface area contributed by atoms with E-state index in [1.807, 2.05) is 27.7 Å². The third kappa shape index (κ3) is 2.42. The predicted molar refractivity (Wildman–Crippen MR) is 76.0 cm³/mol. The van der Waals surface area contributed by atoms with E-state index in [-0.39, 0.29) is 22.8 Å². The molecular formula is C14H21N3O3. The van der Waals surface area contributed by atoms with Gasteiger partial charge in [0.25, 0.3) is 5.56 Å². The Balaban J connectivity index is 2.49. The molecule has 0 aliphatic carbocycles. The number of rotatable bonds is 2. The van der Waals surface area contributed by atoms with E-state index in [1.165, 1.54) is 0 Å². The molecule has 2 atom stereocenters. The number of anilines is 1. The number of carboxylic acid groups (broad SMARTS) is 1. The fraction of sp³-hybridized carbons (Fsp3) is 0.643. The molecule has 1 aromatic rings. The standard InChI is InChI=1S/C14H21N3O3/c1-9-5-7-16(10(9)13(19)20)11-12(18)17(8-6-15-11)14(2,3)4/h6,8-10H,5,7H2,1-4H3,(H,19,20). The fourth-order valence-electron chi connectivity index (χ4n) is 2.69. The highest BCUT2D eigenvalue weighted by atomic mass is 16.4. The summed E-state index contributed by atoms with van der Waals surface area (Å²) in [7, 11) is 0. The van der Waals surface area contributed by atoms with E-state index in [0.29, 0.717) is 6.54 Å². The second-order valence-corrected chi connectivity index (χ2v) is 6.34. The number of hydrogen-bond donors (Lipinski definition) is 1. The number of hydrogen-bond acceptors (Lipinski definition) is 4. The topological polar surface area (TPSA) is 75.4 Å². The summed E-state index contributed by atoms with van der Waals surface area (Å²) >= 11 is 0. The molecule has 2 rings (SSSR count). The number of aromatic nitrogens is 2. The Morgan fingerprint density at radius 2 is 2.10 bits per heavy atom. The van der Waals surface area contributed by atoms with Crippen LogP contribution >= 0.6 is 0 Å². The van der Waals surface area contributed by atoms with Crippen LogP contribution < -0.4 is 10.5 Å². The highest BCUT2D eigenvalue weighted by Crippen LogP contribution is 2.27. The highest BCUT2D eigenvalue weighted by Gasteiger charge is 2.39. The summed E-state index contributed by atoms with van der Waals surface area (Å²) in [6.45, 7) is 8.23. The lowest BCUT2D eigenvalue weighted by Gasteiger charge is -2.27. The summed E-state index contributed by atoms with van der Waals surface area (Å²) in [5.41, 5.74) is -0.598. The van der Waals surface area contributed by atoms with E-state index in [1.54, 1.807) is 21.9 Å². The van der Waals surface area contributed by atoms with Crippen LogP contribution in [0.5, 0.6) is 0 Å². The molecule has 1 aliphatic heterocycles. The van der Waals surface area contributed by atoms with Gasteiger partial charge in [-0.2, -0.15) is 0 Å². The van der Waals surface area contributed by atoms with Crippen LogP contribution in [-0.4, -0.2) is 33.2 Å². The molecule has 1 aliphatic rings. The van der Waals surface area contributed by atoms with Gasteiger partial charge in [0.1, 0.15) is 6.04 Å². The van der Waals surface area contributed by atoms with Crippen LogP contribution in [-0.2, 0) is 10.3 Å². The molecule has 1 N–H and O–H groups in total. The van der Waals surface area contributed by atoms with Gasteiger partial charge in [-0.05, 0) is 33.1 Å². The van der Waals surface area contributed by atoms with E-state index >= 15 is 0 Å². The Morgan fingerprint density at radius 1 is 1.45 bits per heavy atom. The minimum absolute atomic E-state index is 0.0111. The average Bonchev–Trinajstić information content (AvgIpc) is 2.69. The molecule has 6 nitrogen and oxygen atoms in total. The highest BCUT2D eigenvalue weighted by molar-refractivity contribution is 5.78. The van der Waals surface area contributed by atoms with E-state index in [0.717, 1.165) is 6.42 Å². The summed E-state index contributed by atoms with van der Waals surface area (Å²) in [6, 6.07) is -0.675. The Labute approximate surface area is 118 Å². The van der Waals surface area contributed by atoms with Crippen molar-refractivity contribution in [1.82, 2.24) is 9.55 Å². The molecule has 6 heteroatoms. The SMILES string of the molecule is CC1CCN(c2nccn(C(C)(C)C)c2=O)C1C(=O)O. The lowest BCUT2D eigenvalue weighted by Crippen LogP contribution is -2.44. The molecule has 1 fully saturated rings. The van der Waals surface area contributed by atoms with Gasteiger partial charge in [-0.1, -0.05) is 6.92 Å². The van der Waals surface area contributed by atoms with Crippen molar-refractivity contribution >= 4 is 11.8 Å². The van der Waals surface area contributed by atoms with Crippen LogP contribution in [0.15, 0.2) is 17.2 Å². The molecule has 0 spiro atoms. The molecule has 0 amide bonds. The summed E-state index contributed by atoms with van der Waals surface area (Å²) in [5, 5.41) is 9.36. The lowest BCUT2D eigenvalue weighted by molar-refractivity contribution is -0.139. The van der Waals surface area contributed by atoms with E-state index in [4.69, 9.17) is 0 Å². The number of carboxylic acids is 1. The van der Waals surface area contributed by atoms with Crippen molar-refractivity contribution < 1.29 is 9.90 Å². The predicted octanol–water partition coefficient (Wildman–Crippen LogP) is 1.30. The van der Waals surface area contributed by atoms with Crippen molar-refractivity contribution in [2.45, 2.75) is 45.7 Å². The Hall–Kier alpha value is -1.85. The maximum Gasteiger partial charge on any atom is 0.326 e. The molecule has 0 aromatic carbocycles. The summed E-state index contributed by atoms with van der Waals surface area (Å²) in [6.07, 6.45) is 3.95. The molecular weight excluding hydrogens is 258 g/mol. The van der Waals surface area contributed by atoms with Crippen molar-refractivity contribution in [2.75, 3.05) is 11.4 Å². The van der Waals surface area contributed by atoms with Crippen LogP contribution in [0.2, 0.25) is 0 Å². The van der Waals surface area contributed by atoms with Crippen LogP contribution in [0.4, 0.5) is 5.82 Å². The third-order valence-electron chi connectivity index (χ3n) is 3.77. The van der Waals surface area contributed by atoms with Gasteiger partial charge < -0.3 is 14.6 Å². The van der Waals surface area contributed by atoms with Gasteiger partial charge in [0.15, 0.2) is 5.82 Å². The zero-order valence-corrected chi connectivity index (χ0v) is 12.3. The van der Waals surface area contributed by atoms with Crippen molar-refractivity contribution in [3.05, 3.63) is 22.7 Å². The Kier molecular flexibility index (Phi) is 3.58. The maximum atomic E-state index is 12.5. The van der Waals surface area contributed by atoms with Gasteiger partial charge >= 0.3 is 5.97 Å². The zero-order valence-electron chi connectivity index (χ0n) is 12.3. The molecule has 20 heavy (non-hydrogen) atoms. The Morgan fingerprint density at radius 3 is 2.65 bits per heavy atom. The molecule has 110 valence electrons. The summed E-state index contributed by atoms with van der Waals surface area (Å²) < 4.78 is 1.59. The Bertz CT molecular complexity index is 574. The summed E-state index contributed by atoms with van der Waals surface area (Å²) in [5.74, 6) is -0.654. The molecule has 0 saturated carbocycles. The first-order valence-corrected chi connectivity index (χ1v) is 6.81. The normalized spacial score (nSPS) is 23.1. The lowest BCUT2D eigenvalue weighted by atomic mass is 10.0. The van der Waals surface area contributed by atoms with Gasteiger partial charge in [-0.15, -0.1) is 0 Å². The number of nitrogens with zero attached hydrogens (tertiary/aromatic N) is 3. The molecule has 2 unspecified atom stereocenters. The van der Waals surface area contributed by atoms with E-state index in [2.05, 4.69) is 4.98 Å². The van der Waals surface area contributed by atoms with Gasteiger partial charge in [-0.25, -0.2) is 9.78 Å². The molecule has 0 radical (unpaired) electrons. The van der Waals surface area contributed by atoms with Crippen molar-refractivity contribution in [3.63, 3.8) is 0 Å². The largest absolute Gasteiger partial charge is 0.480 e. The van der Waals surface area contributed by atoms with Crippen molar-refractivity contribution in [1.29, 1.82) is 0 Å². The van der Waals surface area contributed by atoms with Crippen molar-refractivity contribution in [2.24, 2.45) is 5.92 Å². The number of carbonyl (C=O) groups is 1. The van der Waals surface area contributed by atoms with Gasteiger partial charge in [0.05, 0.1) is 0 Å². The van der Waals surface area contributed by atoms with Crippen LogP contribution in [0, 0.1) is 5.92 Å². The molecule has 0 bridgehead atoms. The summed E-state index contributed by atoms with van der Waals surface area (Å²) in [4.78, 5) is 29.7. The second-order valence-electron chi connectivity index (χ2n) is 6.34. The van der Waals surface area contributed by atoms with E-state index < -0.39 is 12.0 Å².